The molecule has 2 aromatic rings. The van der Waals surface area contributed by atoms with Crippen LogP contribution in [0.25, 0.3) is 0 Å². The van der Waals surface area contributed by atoms with Crippen molar-refractivity contribution in [1.29, 1.82) is 0 Å². The third kappa shape index (κ3) is 2.65. The molecule has 17 heavy (non-hydrogen) atoms. The van der Waals surface area contributed by atoms with Crippen LogP contribution in [0.2, 0.25) is 5.02 Å². The van der Waals surface area contributed by atoms with Gasteiger partial charge in [-0.3, -0.25) is 4.79 Å². The Bertz CT molecular complexity index is 567. The minimum Gasteiger partial charge on any atom is -0.319 e. The van der Waals surface area contributed by atoms with Gasteiger partial charge in [0.25, 0.3) is 5.91 Å². The molecular formula is C12H9ClFNOS. The fourth-order valence-corrected chi connectivity index (χ4v) is 2.35. The van der Waals surface area contributed by atoms with Crippen LogP contribution in [0.15, 0.2) is 29.6 Å². The summed E-state index contributed by atoms with van der Waals surface area (Å²) in [5.41, 5.74) is 1.01. The molecule has 2 rings (SSSR count). The Morgan fingerprint density at radius 1 is 1.41 bits per heavy atom. The van der Waals surface area contributed by atoms with Gasteiger partial charge >= 0.3 is 0 Å². The van der Waals surface area contributed by atoms with Crippen molar-refractivity contribution in [3.8, 4) is 0 Å². The lowest BCUT2D eigenvalue weighted by atomic mass is 10.2. The molecule has 0 aliphatic heterocycles. The van der Waals surface area contributed by atoms with E-state index in [1.165, 1.54) is 29.5 Å². The molecule has 0 saturated heterocycles. The van der Waals surface area contributed by atoms with Gasteiger partial charge in [-0.25, -0.2) is 4.39 Å². The van der Waals surface area contributed by atoms with Crippen LogP contribution in [0.5, 0.6) is 0 Å². The molecule has 0 radical (unpaired) electrons. The van der Waals surface area contributed by atoms with Crippen molar-refractivity contribution in [2.75, 3.05) is 5.32 Å². The van der Waals surface area contributed by atoms with Gasteiger partial charge in [-0.2, -0.15) is 0 Å². The minimum atomic E-state index is -0.542. The number of nitrogens with one attached hydrogen (secondary N) is 1. The minimum absolute atomic E-state index is 0.132. The number of carbonyl (C=O) groups is 1. The summed E-state index contributed by atoms with van der Waals surface area (Å²) in [7, 11) is 0. The number of rotatable bonds is 2. The van der Waals surface area contributed by atoms with E-state index in [2.05, 4.69) is 5.32 Å². The Balaban J connectivity index is 2.22. The standard InChI is InChI=1S/C12H9ClFNOS/c1-7-4-5-17-11(7)12(16)15-10-3-2-8(13)6-9(10)14/h2-6H,1H3,(H,15,16). The number of aryl methyl sites for hydroxylation is 1. The van der Waals surface area contributed by atoms with Crippen LogP contribution in [0.4, 0.5) is 10.1 Å². The van der Waals surface area contributed by atoms with Crippen LogP contribution < -0.4 is 5.32 Å². The Morgan fingerprint density at radius 2 is 2.18 bits per heavy atom. The van der Waals surface area contributed by atoms with Crippen molar-refractivity contribution in [2.45, 2.75) is 6.92 Å². The first kappa shape index (κ1) is 12.1. The summed E-state index contributed by atoms with van der Waals surface area (Å²) in [6.45, 7) is 1.84. The summed E-state index contributed by atoms with van der Waals surface area (Å²) in [6, 6.07) is 5.98. The molecule has 0 saturated carbocycles. The molecule has 2 nitrogen and oxygen atoms in total. The molecule has 0 fully saturated rings. The van der Waals surface area contributed by atoms with Crippen molar-refractivity contribution >= 4 is 34.5 Å². The van der Waals surface area contributed by atoms with E-state index in [4.69, 9.17) is 11.6 Å². The molecule has 1 amide bonds. The number of amides is 1. The predicted molar refractivity (Wildman–Crippen MR) is 68.4 cm³/mol. The topological polar surface area (TPSA) is 29.1 Å². The number of carbonyl (C=O) groups excluding carboxylic acids is 1. The van der Waals surface area contributed by atoms with Crippen LogP contribution in [-0.4, -0.2) is 5.91 Å². The molecule has 0 spiro atoms. The lowest BCUT2D eigenvalue weighted by Crippen LogP contribution is -2.12. The van der Waals surface area contributed by atoms with Gasteiger partial charge in [0.2, 0.25) is 0 Å². The second-order valence-electron chi connectivity index (χ2n) is 3.51. The van der Waals surface area contributed by atoms with Crippen LogP contribution in [0.3, 0.4) is 0 Å². The maximum atomic E-state index is 13.5. The van der Waals surface area contributed by atoms with Gasteiger partial charge in [0.05, 0.1) is 10.6 Å². The Kier molecular flexibility index (Phi) is 3.45. The number of halogens is 2. The number of anilines is 1. The molecule has 0 aliphatic carbocycles. The summed E-state index contributed by atoms with van der Waals surface area (Å²) in [5, 5.41) is 4.64. The van der Waals surface area contributed by atoms with E-state index in [1.54, 1.807) is 0 Å². The first-order chi connectivity index (χ1) is 8.08. The summed E-state index contributed by atoms with van der Waals surface area (Å²) < 4.78 is 13.5. The lowest BCUT2D eigenvalue weighted by molar-refractivity contribution is 0.102. The summed E-state index contributed by atoms with van der Waals surface area (Å²) in [5.74, 6) is -0.848. The largest absolute Gasteiger partial charge is 0.319 e. The van der Waals surface area contributed by atoms with Crippen LogP contribution >= 0.6 is 22.9 Å². The van der Waals surface area contributed by atoms with Crippen molar-refractivity contribution < 1.29 is 9.18 Å². The van der Waals surface area contributed by atoms with Gasteiger partial charge in [-0.05, 0) is 42.1 Å². The summed E-state index contributed by atoms with van der Waals surface area (Å²) >= 11 is 6.95. The van der Waals surface area contributed by atoms with Crippen molar-refractivity contribution in [2.24, 2.45) is 0 Å². The molecule has 0 unspecified atom stereocenters. The highest BCUT2D eigenvalue weighted by Gasteiger charge is 2.12. The Labute approximate surface area is 107 Å². The van der Waals surface area contributed by atoms with Gasteiger partial charge < -0.3 is 5.32 Å². The zero-order valence-electron chi connectivity index (χ0n) is 8.96. The van der Waals surface area contributed by atoms with E-state index in [1.807, 2.05) is 18.4 Å². The highest BCUT2D eigenvalue weighted by atomic mass is 35.5. The molecule has 1 aromatic carbocycles. The van der Waals surface area contributed by atoms with Gasteiger partial charge in [0.1, 0.15) is 5.82 Å². The van der Waals surface area contributed by atoms with Gasteiger partial charge in [0, 0.05) is 5.02 Å². The number of thiophene rings is 1. The average molecular weight is 270 g/mol. The van der Waals surface area contributed by atoms with Crippen LogP contribution in [-0.2, 0) is 0 Å². The molecule has 88 valence electrons. The zero-order chi connectivity index (χ0) is 12.4. The van der Waals surface area contributed by atoms with Crippen molar-refractivity contribution in [3.05, 3.63) is 50.9 Å². The molecule has 1 heterocycles. The van der Waals surface area contributed by atoms with E-state index >= 15 is 0 Å². The average Bonchev–Trinajstić information content (AvgIpc) is 2.68. The zero-order valence-corrected chi connectivity index (χ0v) is 10.5. The normalized spacial score (nSPS) is 10.3. The number of hydrogen-bond donors (Lipinski definition) is 1. The molecular weight excluding hydrogens is 261 g/mol. The monoisotopic (exact) mass is 269 g/mol. The third-order valence-corrected chi connectivity index (χ3v) is 3.50. The molecule has 0 bridgehead atoms. The molecule has 0 aliphatic rings. The first-order valence-electron chi connectivity index (χ1n) is 4.88. The van der Waals surface area contributed by atoms with E-state index in [9.17, 15) is 9.18 Å². The maximum absolute atomic E-state index is 13.5. The quantitative estimate of drug-likeness (QED) is 0.874. The number of hydrogen-bond acceptors (Lipinski definition) is 2. The fourth-order valence-electron chi connectivity index (χ4n) is 1.38. The Hall–Kier alpha value is -1.39. The first-order valence-corrected chi connectivity index (χ1v) is 6.14. The van der Waals surface area contributed by atoms with Gasteiger partial charge in [0.15, 0.2) is 0 Å². The molecule has 0 atom stereocenters. The smallest absolute Gasteiger partial charge is 0.266 e. The molecule has 1 N–H and O–H groups in total. The van der Waals surface area contributed by atoms with Crippen molar-refractivity contribution in [3.63, 3.8) is 0 Å². The molecule has 5 heteroatoms. The van der Waals surface area contributed by atoms with Gasteiger partial charge in [-0.1, -0.05) is 11.6 Å². The SMILES string of the molecule is Cc1ccsc1C(=O)Nc1ccc(Cl)cc1F. The van der Waals surface area contributed by atoms with E-state index in [0.717, 1.165) is 5.56 Å². The van der Waals surface area contributed by atoms with Gasteiger partial charge in [-0.15, -0.1) is 11.3 Å². The summed E-state index contributed by atoms with van der Waals surface area (Å²) in [4.78, 5) is 12.4. The van der Waals surface area contributed by atoms with Crippen LogP contribution in [0.1, 0.15) is 15.2 Å². The lowest BCUT2D eigenvalue weighted by Gasteiger charge is -2.05. The summed E-state index contributed by atoms with van der Waals surface area (Å²) in [6.07, 6.45) is 0. The fraction of sp³-hybridized carbons (Fsp3) is 0.0833. The second-order valence-corrected chi connectivity index (χ2v) is 4.86. The van der Waals surface area contributed by atoms with Crippen LogP contribution in [0, 0.1) is 12.7 Å². The second kappa shape index (κ2) is 4.85. The maximum Gasteiger partial charge on any atom is 0.266 e. The molecule has 1 aromatic heterocycles. The van der Waals surface area contributed by atoms with Crippen molar-refractivity contribution in [1.82, 2.24) is 0 Å². The highest BCUT2D eigenvalue weighted by Crippen LogP contribution is 2.21. The predicted octanol–water partition coefficient (Wildman–Crippen LogP) is 4.10. The third-order valence-electron chi connectivity index (χ3n) is 2.25. The number of benzene rings is 1. The Morgan fingerprint density at radius 3 is 2.76 bits per heavy atom. The van der Waals surface area contributed by atoms with E-state index in [-0.39, 0.29) is 11.6 Å². The van der Waals surface area contributed by atoms with E-state index in [0.29, 0.717) is 9.90 Å². The highest BCUT2D eigenvalue weighted by molar-refractivity contribution is 7.12. The van der Waals surface area contributed by atoms with E-state index < -0.39 is 5.82 Å².